The molecule has 1 aliphatic rings. The van der Waals surface area contributed by atoms with Gasteiger partial charge < -0.3 is 4.90 Å². The molecule has 2 aromatic carbocycles. The molecule has 2 N–H and O–H groups in total. The van der Waals surface area contributed by atoms with Crippen LogP contribution in [0.4, 0.5) is 5.69 Å². The first-order valence-electron chi connectivity index (χ1n) is 9.22. The highest BCUT2D eigenvalue weighted by Gasteiger charge is 2.28. The van der Waals surface area contributed by atoms with Crippen molar-refractivity contribution in [3.63, 3.8) is 0 Å². The lowest BCUT2D eigenvalue weighted by atomic mass is 10.1. The molecule has 0 radical (unpaired) electrons. The van der Waals surface area contributed by atoms with Crippen LogP contribution in [0.5, 0.6) is 0 Å². The van der Waals surface area contributed by atoms with E-state index in [-0.39, 0.29) is 10.8 Å². The van der Waals surface area contributed by atoms with E-state index in [1.165, 1.54) is 13.0 Å². The Morgan fingerprint density at radius 2 is 1.97 bits per heavy atom. The fourth-order valence-electron chi connectivity index (χ4n) is 3.50. The van der Waals surface area contributed by atoms with Crippen LogP contribution in [0.3, 0.4) is 0 Å². The number of rotatable bonds is 5. The largest absolute Gasteiger partial charge is 0.312 e. The number of carbonyl (C=O) groups is 1. The number of anilines is 1. The van der Waals surface area contributed by atoms with Crippen LogP contribution in [-0.2, 0) is 21.2 Å². The van der Waals surface area contributed by atoms with E-state index in [9.17, 15) is 13.2 Å². The van der Waals surface area contributed by atoms with Crippen LogP contribution in [0.1, 0.15) is 35.7 Å². The number of aryl methyl sites for hydroxylation is 1. The summed E-state index contributed by atoms with van der Waals surface area (Å²) < 4.78 is 29.0. The summed E-state index contributed by atoms with van der Waals surface area (Å²) in [5, 5.41) is 6.91. The topological polar surface area (TPSA) is 108 Å². The normalized spacial score (nSPS) is 14.6. The average Bonchev–Trinajstić information content (AvgIpc) is 3.32. The zero-order valence-corrected chi connectivity index (χ0v) is 16.9. The maximum Gasteiger partial charge on any atom is 0.241 e. The predicted octanol–water partition coefficient (Wildman–Crippen LogP) is 2.09. The van der Waals surface area contributed by atoms with Crippen molar-refractivity contribution in [1.82, 2.24) is 19.9 Å². The third-order valence-electron chi connectivity index (χ3n) is 4.92. The molecule has 1 aliphatic heterocycles. The number of hydrogen-bond donors (Lipinski definition) is 2. The molecule has 0 spiro atoms. The number of aromatic nitrogens is 3. The molecule has 0 fully saturated rings. The Bertz CT molecular complexity index is 1160. The lowest BCUT2D eigenvalue weighted by Crippen LogP contribution is -2.30. The third-order valence-corrected chi connectivity index (χ3v) is 6.34. The number of sulfonamides is 1. The molecule has 4 rings (SSSR count). The van der Waals surface area contributed by atoms with Gasteiger partial charge in [0.15, 0.2) is 5.82 Å². The number of aromatic amines is 1. The van der Waals surface area contributed by atoms with Crippen molar-refractivity contribution in [1.29, 1.82) is 0 Å². The Labute approximate surface area is 169 Å². The molecule has 1 unspecified atom stereocenters. The van der Waals surface area contributed by atoms with Crippen molar-refractivity contribution in [3.05, 3.63) is 71.3 Å². The van der Waals surface area contributed by atoms with E-state index in [0.717, 1.165) is 16.8 Å². The monoisotopic (exact) mass is 411 g/mol. The first kappa shape index (κ1) is 19.3. The van der Waals surface area contributed by atoms with Crippen molar-refractivity contribution in [3.8, 4) is 0 Å². The number of amides is 1. The first-order valence-corrected chi connectivity index (χ1v) is 10.7. The molecule has 1 aromatic heterocycles. The Hall–Kier alpha value is -3.04. The minimum Gasteiger partial charge on any atom is -0.312 e. The predicted molar refractivity (Wildman–Crippen MR) is 108 cm³/mol. The molecule has 0 bridgehead atoms. The van der Waals surface area contributed by atoms with Gasteiger partial charge in [-0.15, -0.1) is 0 Å². The fraction of sp³-hybridized carbons (Fsp3) is 0.250. The molecule has 1 atom stereocenters. The van der Waals surface area contributed by atoms with E-state index in [4.69, 9.17) is 0 Å². The first-order chi connectivity index (χ1) is 13.8. The lowest BCUT2D eigenvalue weighted by Gasteiger charge is -2.18. The van der Waals surface area contributed by atoms with Crippen LogP contribution >= 0.6 is 0 Å². The standard InChI is InChI=1S/C20H21N5O3S/c1-13-21-20(23-22-13)19(15-6-4-3-5-7-15)24-29(27,28)17-8-9-18-16(12-17)10-11-25(18)14(2)26/h3-9,12,19,24H,10-11H2,1-2H3,(H,21,22,23). The summed E-state index contributed by atoms with van der Waals surface area (Å²) in [6.45, 7) is 3.82. The minimum absolute atomic E-state index is 0.0541. The molecule has 9 heteroatoms. The van der Waals surface area contributed by atoms with Crippen molar-refractivity contribution >= 4 is 21.6 Å². The van der Waals surface area contributed by atoms with Crippen LogP contribution in [0.2, 0.25) is 0 Å². The average molecular weight is 411 g/mol. The number of carbonyl (C=O) groups excluding carboxylic acids is 1. The summed E-state index contributed by atoms with van der Waals surface area (Å²) in [6, 6.07) is 13.3. The van der Waals surface area contributed by atoms with Gasteiger partial charge in [-0.3, -0.25) is 9.89 Å². The second kappa shape index (κ2) is 7.41. The maximum absolute atomic E-state index is 13.2. The van der Waals surface area contributed by atoms with Gasteiger partial charge in [-0.05, 0) is 42.7 Å². The second-order valence-corrected chi connectivity index (χ2v) is 8.67. The van der Waals surface area contributed by atoms with Gasteiger partial charge in [0.25, 0.3) is 0 Å². The van der Waals surface area contributed by atoms with E-state index in [0.29, 0.717) is 24.6 Å². The lowest BCUT2D eigenvalue weighted by molar-refractivity contribution is -0.116. The molecule has 1 amide bonds. The van der Waals surface area contributed by atoms with Gasteiger partial charge in [-0.1, -0.05) is 30.3 Å². The molecule has 8 nitrogen and oxygen atoms in total. The van der Waals surface area contributed by atoms with E-state index in [2.05, 4.69) is 19.9 Å². The Morgan fingerprint density at radius 3 is 2.62 bits per heavy atom. The molecule has 29 heavy (non-hydrogen) atoms. The Kier molecular flexibility index (Phi) is 4.93. The van der Waals surface area contributed by atoms with Crippen molar-refractivity contribution in [2.24, 2.45) is 0 Å². The minimum atomic E-state index is -3.85. The van der Waals surface area contributed by atoms with Crippen LogP contribution < -0.4 is 9.62 Å². The van der Waals surface area contributed by atoms with E-state index in [1.54, 1.807) is 24.0 Å². The second-order valence-electron chi connectivity index (χ2n) is 6.96. The van der Waals surface area contributed by atoms with Crippen LogP contribution in [-0.4, -0.2) is 36.1 Å². The summed E-state index contributed by atoms with van der Waals surface area (Å²) in [5.74, 6) is 0.893. The maximum atomic E-state index is 13.2. The van der Waals surface area contributed by atoms with Crippen molar-refractivity contribution in [2.75, 3.05) is 11.4 Å². The highest BCUT2D eigenvalue weighted by Crippen LogP contribution is 2.31. The smallest absolute Gasteiger partial charge is 0.241 e. The number of fused-ring (bicyclic) bond motifs is 1. The summed E-state index contributed by atoms with van der Waals surface area (Å²) in [6.07, 6.45) is 0.625. The molecule has 3 aromatic rings. The molecule has 0 saturated heterocycles. The van der Waals surface area contributed by atoms with Gasteiger partial charge >= 0.3 is 0 Å². The number of hydrogen-bond acceptors (Lipinski definition) is 5. The van der Waals surface area contributed by atoms with Gasteiger partial charge in [0.05, 0.1) is 4.90 Å². The summed E-state index contributed by atoms with van der Waals surface area (Å²) in [5.41, 5.74) is 2.34. The van der Waals surface area contributed by atoms with Gasteiger partial charge in [0, 0.05) is 19.2 Å². The SMILES string of the molecule is CC(=O)N1CCc2cc(S(=O)(=O)NC(c3ccccc3)c3n[nH]c(C)n3)ccc21. The summed E-state index contributed by atoms with van der Waals surface area (Å²) >= 11 is 0. The van der Waals surface area contributed by atoms with Gasteiger partial charge in [-0.2, -0.15) is 9.82 Å². The van der Waals surface area contributed by atoms with Crippen LogP contribution in [0.25, 0.3) is 0 Å². The van der Waals surface area contributed by atoms with Crippen molar-refractivity contribution < 1.29 is 13.2 Å². The zero-order valence-electron chi connectivity index (χ0n) is 16.1. The number of nitrogens with zero attached hydrogens (tertiary/aromatic N) is 3. The molecule has 2 heterocycles. The molecule has 150 valence electrons. The quantitative estimate of drug-likeness (QED) is 0.668. The van der Waals surface area contributed by atoms with E-state index >= 15 is 0 Å². The molecule has 0 saturated carbocycles. The van der Waals surface area contributed by atoms with Crippen molar-refractivity contribution in [2.45, 2.75) is 31.2 Å². The molecule has 0 aliphatic carbocycles. The zero-order chi connectivity index (χ0) is 20.6. The van der Waals surface area contributed by atoms with Crippen LogP contribution in [0, 0.1) is 6.92 Å². The number of nitrogens with one attached hydrogen (secondary N) is 2. The van der Waals surface area contributed by atoms with Gasteiger partial charge in [0.1, 0.15) is 11.9 Å². The van der Waals surface area contributed by atoms with Gasteiger partial charge in [0.2, 0.25) is 15.9 Å². The Morgan fingerprint density at radius 1 is 1.21 bits per heavy atom. The highest BCUT2D eigenvalue weighted by atomic mass is 32.2. The highest BCUT2D eigenvalue weighted by molar-refractivity contribution is 7.89. The van der Waals surface area contributed by atoms with E-state index < -0.39 is 16.1 Å². The number of H-pyrrole nitrogens is 1. The van der Waals surface area contributed by atoms with Crippen LogP contribution in [0.15, 0.2) is 53.4 Å². The van der Waals surface area contributed by atoms with E-state index in [1.807, 2.05) is 30.3 Å². The number of benzene rings is 2. The fourth-order valence-corrected chi connectivity index (χ4v) is 4.73. The molecular weight excluding hydrogens is 390 g/mol. The van der Waals surface area contributed by atoms with Gasteiger partial charge in [-0.25, -0.2) is 13.4 Å². The Balaban J connectivity index is 1.68. The molecular formula is C20H21N5O3S. The third kappa shape index (κ3) is 3.79. The summed E-state index contributed by atoms with van der Waals surface area (Å²) in [4.78, 5) is 17.8. The summed E-state index contributed by atoms with van der Waals surface area (Å²) in [7, 11) is -3.85.